The van der Waals surface area contributed by atoms with E-state index in [1.165, 1.54) is 22.2 Å². The molecule has 6 nitrogen and oxygen atoms in total. The van der Waals surface area contributed by atoms with E-state index in [9.17, 15) is 9.59 Å². The molecule has 0 saturated carbocycles. The molecule has 0 aliphatic heterocycles. The van der Waals surface area contributed by atoms with Gasteiger partial charge in [-0.2, -0.15) is 0 Å². The summed E-state index contributed by atoms with van der Waals surface area (Å²) in [6, 6.07) is 0. The zero-order valence-corrected chi connectivity index (χ0v) is 21.0. The van der Waals surface area contributed by atoms with E-state index < -0.39 is 0 Å². The van der Waals surface area contributed by atoms with E-state index in [4.69, 9.17) is 9.72 Å². The maximum Gasteiger partial charge on any atom is 0.263 e. The highest BCUT2D eigenvalue weighted by Crippen LogP contribution is 2.37. The first kappa shape index (κ1) is 24.3. The van der Waals surface area contributed by atoms with Gasteiger partial charge >= 0.3 is 0 Å². The number of nitrogens with zero attached hydrogens (tertiary/aromatic N) is 2. The molecule has 0 radical (unpaired) electrons. The zero-order valence-electron chi connectivity index (χ0n) is 19.3. The fourth-order valence-corrected chi connectivity index (χ4v) is 6.27. The van der Waals surface area contributed by atoms with Gasteiger partial charge in [0.2, 0.25) is 5.91 Å². The van der Waals surface area contributed by atoms with Gasteiger partial charge in [0.25, 0.3) is 5.56 Å². The van der Waals surface area contributed by atoms with Crippen molar-refractivity contribution in [1.29, 1.82) is 0 Å². The van der Waals surface area contributed by atoms with Crippen molar-refractivity contribution in [2.45, 2.75) is 77.3 Å². The lowest BCUT2D eigenvalue weighted by Gasteiger charge is -2.19. The molecule has 0 aromatic carbocycles. The van der Waals surface area contributed by atoms with E-state index in [2.05, 4.69) is 26.1 Å². The molecular formula is C23H35N3O3S2. The van der Waals surface area contributed by atoms with Crippen LogP contribution in [0.15, 0.2) is 9.95 Å². The fourth-order valence-electron chi connectivity index (χ4n) is 3.91. The molecule has 2 aromatic rings. The average Bonchev–Trinajstić information content (AvgIpc) is 3.07. The van der Waals surface area contributed by atoms with Crippen molar-refractivity contribution in [3.05, 3.63) is 20.8 Å². The van der Waals surface area contributed by atoms with Crippen molar-refractivity contribution in [3.8, 4) is 0 Å². The highest BCUT2D eigenvalue weighted by molar-refractivity contribution is 8.00. The molecule has 0 bridgehead atoms. The predicted molar refractivity (Wildman–Crippen MR) is 129 cm³/mol. The molecule has 2 unspecified atom stereocenters. The van der Waals surface area contributed by atoms with Gasteiger partial charge in [-0.15, -0.1) is 11.3 Å². The fraction of sp³-hybridized carbons (Fsp3) is 0.696. The number of nitrogens with one attached hydrogen (secondary N) is 1. The predicted octanol–water partition coefficient (Wildman–Crippen LogP) is 4.26. The van der Waals surface area contributed by atoms with Gasteiger partial charge in [-0.25, -0.2) is 4.98 Å². The minimum Gasteiger partial charge on any atom is -0.382 e. The van der Waals surface area contributed by atoms with Crippen LogP contribution in [0.5, 0.6) is 0 Å². The molecule has 0 spiro atoms. The number of rotatable bonds is 10. The first-order chi connectivity index (χ1) is 14.8. The number of ether oxygens (including phenoxy) is 1. The summed E-state index contributed by atoms with van der Waals surface area (Å²) in [5.41, 5.74) is 1.27. The van der Waals surface area contributed by atoms with Crippen molar-refractivity contribution < 1.29 is 9.53 Å². The quantitative estimate of drug-likeness (QED) is 0.322. The monoisotopic (exact) mass is 465 g/mol. The molecule has 2 aromatic heterocycles. The van der Waals surface area contributed by atoms with E-state index in [0.29, 0.717) is 43.3 Å². The minimum absolute atomic E-state index is 0.0359. The average molecular weight is 466 g/mol. The summed E-state index contributed by atoms with van der Waals surface area (Å²) >= 11 is 3.04. The normalized spacial score (nSPS) is 17.2. The third-order valence-electron chi connectivity index (χ3n) is 5.55. The number of hydrogen-bond donors (Lipinski definition) is 1. The lowest BCUT2D eigenvalue weighted by molar-refractivity contribution is -0.120. The Hall–Kier alpha value is -1.38. The number of thiophene rings is 1. The molecule has 3 rings (SSSR count). The smallest absolute Gasteiger partial charge is 0.263 e. The highest BCUT2D eigenvalue weighted by Gasteiger charge is 2.26. The standard InChI is InChI=1S/C23H35N3O3S2/c1-6-29-11-7-10-24-20(27)16(5)30-23-25-21-19(22(28)26(23)13-14(2)3)17-9-8-15(4)12-18(17)31-21/h14-16H,6-13H2,1-5H3,(H,24,27). The summed E-state index contributed by atoms with van der Waals surface area (Å²) in [7, 11) is 0. The summed E-state index contributed by atoms with van der Waals surface area (Å²) in [4.78, 5) is 33.1. The summed E-state index contributed by atoms with van der Waals surface area (Å²) in [5, 5.41) is 4.09. The molecule has 0 fully saturated rings. The van der Waals surface area contributed by atoms with Crippen molar-refractivity contribution in [2.24, 2.45) is 11.8 Å². The van der Waals surface area contributed by atoms with Crippen LogP contribution in [0.3, 0.4) is 0 Å². The number of thioether (sulfide) groups is 1. The number of amides is 1. The molecule has 1 aliphatic rings. The van der Waals surface area contributed by atoms with Crippen molar-refractivity contribution in [3.63, 3.8) is 0 Å². The summed E-state index contributed by atoms with van der Waals surface area (Å²) in [6.45, 7) is 12.8. The van der Waals surface area contributed by atoms with Crippen LogP contribution in [0.2, 0.25) is 0 Å². The molecule has 8 heteroatoms. The second-order valence-electron chi connectivity index (χ2n) is 8.84. The maximum absolute atomic E-state index is 13.5. The summed E-state index contributed by atoms with van der Waals surface area (Å²) < 4.78 is 7.11. The molecule has 31 heavy (non-hydrogen) atoms. The van der Waals surface area contributed by atoms with Crippen LogP contribution < -0.4 is 10.9 Å². The van der Waals surface area contributed by atoms with E-state index in [1.807, 2.05) is 13.8 Å². The van der Waals surface area contributed by atoms with Crippen LogP contribution >= 0.6 is 23.1 Å². The van der Waals surface area contributed by atoms with Crippen LogP contribution in [-0.4, -0.2) is 40.5 Å². The largest absolute Gasteiger partial charge is 0.382 e. The SMILES string of the molecule is CCOCCCNC(=O)C(C)Sc1nc2sc3c(c2c(=O)n1CC(C)C)CCC(C)C3. The Morgan fingerprint density at radius 1 is 1.39 bits per heavy atom. The van der Waals surface area contributed by atoms with Crippen molar-refractivity contribution >= 4 is 39.2 Å². The Morgan fingerprint density at radius 3 is 2.87 bits per heavy atom. The number of hydrogen-bond acceptors (Lipinski definition) is 6. The van der Waals surface area contributed by atoms with Gasteiger partial charge in [-0.1, -0.05) is 32.5 Å². The molecule has 1 amide bonds. The zero-order chi connectivity index (χ0) is 22.5. The third-order valence-corrected chi connectivity index (χ3v) is 7.79. The third kappa shape index (κ3) is 5.90. The highest BCUT2D eigenvalue weighted by atomic mass is 32.2. The van der Waals surface area contributed by atoms with Crippen molar-refractivity contribution in [1.82, 2.24) is 14.9 Å². The van der Waals surface area contributed by atoms with Crippen LogP contribution in [-0.2, 0) is 28.9 Å². The topological polar surface area (TPSA) is 73.2 Å². The molecule has 1 N–H and O–H groups in total. The summed E-state index contributed by atoms with van der Waals surface area (Å²) in [5.74, 6) is 0.929. The number of fused-ring (bicyclic) bond motifs is 3. The number of aryl methyl sites for hydroxylation is 1. The Morgan fingerprint density at radius 2 is 2.16 bits per heavy atom. The van der Waals surface area contributed by atoms with Gasteiger partial charge in [-0.3, -0.25) is 14.2 Å². The van der Waals surface area contributed by atoms with Gasteiger partial charge in [-0.05, 0) is 56.9 Å². The first-order valence-corrected chi connectivity index (χ1v) is 13.1. The number of carbonyl (C=O) groups excluding carboxylic acids is 1. The van der Waals surface area contributed by atoms with Gasteiger partial charge < -0.3 is 10.1 Å². The van der Waals surface area contributed by atoms with Crippen LogP contribution in [0.25, 0.3) is 10.2 Å². The molecule has 2 heterocycles. The molecular weight excluding hydrogens is 430 g/mol. The first-order valence-electron chi connectivity index (χ1n) is 11.4. The molecule has 1 aliphatic carbocycles. The van der Waals surface area contributed by atoms with Crippen LogP contribution in [0.4, 0.5) is 0 Å². The molecule has 0 saturated heterocycles. The van der Waals surface area contributed by atoms with Crippen LogP contribution in [0.1, 0.15) is 57.9 Å². The lowest BCUT2D eigenvalue weighted by Crippen LogP contribution is -2.33. The van der Waals surface area contributed by atoms with Gasteiger partial charge in [0.15, 0.2) is 5.16 Å². The second-order valence-corrected chi connectivity index (χ2v) is 11.2. The van der Waals surface area contributed by atoms with E-state index in [-0.39, 0.29) is 16.7 Å². The van der Waals surface area contributed by atoms with Crippen LogP contribution in [0, 0.1) is 11.8 Å². The maximum atomic E-state index is 13.5. The van der Waals surface area contributed by atoms with E-state index >= 15 is 0 Å². The van der Waals surface area contributed by atoms with Gasteiger partial charge in [0, 0.05) is 31.2 Å². The van der Waals surface area contributed by atoms with Gasteiger partial charge in [0.05, 0.1) is 10.6 Å². The Balaban J connectivity index is 1.85. The van der Waals surface area contributed by atoms with E-state index in [1.54, 1.807) is 15.9 Å². The second kappa shape index (κ2) is 11.0. The number of aromatic nitrogens is 2. The Kier molecular flexibility index (Phi) is 8.58. The minimum atomic E-state index is -0.329. The molecule has 172 valence electrons. The molecule has 2 atom stereocenters. The van der Waals surface area contributed by atoms with E-state index in [0.717, 1.165) is 35.9 Å². The summed E-state index contributed by atoms with van der Waals surface area (Å²) in [6.07, 6.45) is 3.91. The Bertz CT molecular complexity index is 967. The van der Waals surface area contributed by atoms with Crippen molar-refractivity contribution in [2.75, 3.05) is 19.8 Å². The number of carbonyl (C=O) groups is 1. The van der Waals surface area contributed by atoms with Gasteiger partial charge in [0.1, 0.15) is 4.83 Å². The lowest BCUT2D eigenvalue weighted by atomic mass is 9.89. The Labute approximate surface area is 193 Å².